The van der Waals surface area contributed by atoms with Crippen molar-refractivity contribution in [1.82, 2.24) is 10.1 Å². The van der Waals surface area contributed by atoms with Crippen molar-refractivity contribution in [3.05, 3.63) is 69.5 Å². The molecule has 1 amide bonds. The first-order valence-electron chi connectivity index (χ1n) is 8.03. The lowest BCUT2D eigenvalue weighted by molar-refractivity contribution is -0.384. The number of rotatable bonds is 3. The Morgan fingerprint density at radius 3 is 2.65 bits per heavy atom. The van der Waals surface area contributed by atoms with E-state index in [1.165, 1.54) is 12.1 Å². The number of benzene rings is 2. The van der Waals surface area contributed by atoms with E-state index in [0.717, 1.165) is 11.1 Å². The summed E-state index contributed by atoms with van der Waals surface area (Å²) in [5, 5.41) is 14.7. The fourth-order valence-corrected chi connectivity index (χ4v) is 3.02. The maximum atomic E-state index is 12.8. The quantitative estimate of drug-likeness (QED) is 0.531. The van der Waals surface area contributed by atoms with Gasteiger partial charge in [-0.2, -0.15) is 4.98 Å². The zero-order valence-corrected chi connectivity index (χ0v) is 13.9. The third-order valence-corrected chi connectivity index (χ3v) is 4.33. The third kappa shape index (κ3) is 2.71. The molecule has 3 aromatic rings. The van der Waals surface area contributed by atoms with Crippen molar-refractivity contribution in [2.75, 3.05) is 11.4 Å². The second-order valence-electron chi connectivity index (χ2n) is 6.00. The van der Waals surface area contributed by atoms with Gasteiger partial charge in [-0.1, -0.05) is 11.2 Å². The van der Waals surface area contributed by atoms with Gasteiger partial charge in [0.15, 0.2) is 5.82 Å². The normalized spacial score (nSPS) is 12.9. The monoisotopic (exact) mass is 350 g/mol. The van der Waals surface area contributed by atoms with Gasteiger partial charge in [-0.3, -0.25) is 14.9 Å². The van der Waals surface area contributed by atoms with Crippen LogP contribution in [0.25, 0.3) is 11.5 Å². The Labute approximate surface area is 148 Å². The van der Waals surface area contributed by atoms with Gasteiger partial charge < -0.3 is 9.42 Å². The summed E-state index contributed by atoms with van der Waals surface area (Å²) < 4.78 is 5.11. The molecule has 0 fully saturated rings. The van der Waals surface area contributed by atoms with Gasteiger partial charge in [0.25, 0.3) is 17.5 Å². The van der Waals surface area contributed by atoms with Crippen LogP contribution < -0.4 is 4.90 Å². The van der Waals surface area contributed by atoms with Gasteiger partial charge in [-0.15, -0.1) is 0 Å². The molecule has 2 aromatic carbocycles. The number of amides is 1. The number of nitro benzene ring substituents is 1. The van der Waals surface area contributed by atoms with Crippen LogP contribution in [0.3, 0.4) is 0 Å². The van der Waals surface area contributed by atoms with Crippen molar-refractivity contribution in [3.8, 4) is 11.5 Å². The predicted molar refractivity (Wildman–Crippen MR) is 92.9 cm³/mol. The minimum atomic E-state index is -0.456. The SMILES string of the molecule is Cc1noc(-c2ccc(C(=O)N3CCc4ccc([N+](=O)[O-])cc43)cc2)n1. The number of hydrogen-bond acceptors (Lipinski definition) is 6. The minimum absolute atomic E-state index is 0.0226. The Morgan fingerprint density at radius 1 is 1.23 bits per heavy atom. The second kappa shape index (κ2) is 6.07. The summed E-state index contributed by atoms with van der Waals surface area (Å²) in [6.07, 6.45) is 0.679. The molecule has 2 heterocycles. The Balaban J connectivity index is 1.61. The number of non-ortho nitro benzene ring substituents is 1. The number of carbonyl (C=O) groups is 1. The number of anilines is 1. The van der Waals surface area contributed by atoms with Crippen molar-refractivity contribution in [3.63, 3.8) is 0 Å². The number of aromatic nitrogens is 2. The van der Waals surface area contributed by atoms with Gasteiger partial charge >= 0.3 is 0 Å². The van der Waals surface area contributed by atoms with E-state index in [1.54, 1.807) is 42.2 Å². The zero-order chi connectivity index (χ0) is 18.3. The Hall–Kier alpha value is -3.55. The summed E-state index contributed by atoms with van der Waals surface area (Å²) >= 11 is 0. The molecule has 0 aliphatic carbocycles. The van der Waals surface area contributed by atoms with E-state index in [1.807, 2.05) is 0 Å². The lowest BCUT2D eigenvalue weighted by Gasteiger charge is -2.17. The van der Waals surface area contributed by atoms with Crippen molar-refractivity contribution < 1.29 is 14.2 Å². The molecular weight excluding hydrogens is 336 g/mol. The number of fused-ring (bicyclic) bond motifs is 1. The Kier molecular flexibility index (Phi) is 3.72. The molecule has 130 valence electrons. The average molecular weight is 350 g/mol. The van der Waals surface area contributed by atoms with Crippen molar-refractivity contribution >= 4 is 17.3 Å². The molecular formula is C18H14N4O4. The van der Waals surface area contributed by atoms with E-state index in [0.29, 0.717) is 35.9 Å². The summed E-state index contributed by atoms with van der Waals surface area (Å²) in [7, 11) is 0. The van der Waals surface area contributed by atoms with Gasteiger partial charge in [-0.05, 0) is 43.2 Å². The average Bonchev–Trinajstić information content (AvgIpc) is 3.27. The topological polar surface area (TPSA) is 102 Å². The fourth-order valence-electron chi connectivity index (χ4n) is 3.02. The van der Waals surface area contributed by atoms with E-state index < -0.39 is 4.92 Å². The molecule has 0 atom stereocenters. The standard InChI is InChI=1S/C18H14N4O4/c1-11-19-17(26-20-11)13-2-4-14(5-3-13)18(23)21-9-8-12-6-7-15(22(24)25)10-16(12)21/h2-7,10H,8-9H2,1H3. The first kappa shape index (κ1) is 15.9. The number of aryl methyl sites for hydroxylation is 1. The first-order valence-corrected chi connectivity index (χ1v) is 8.03. The van der Waals surface area contributed by atoms with Crippen LogP contribution in [0.1, 0.15) is 21.7 Å². The summed E-state index contributed by atoms with van der Waals surface area (Å²) in [5.41, 5.74) is 2.72. The van der Waals surface area contributed by atoms with Gasteiger partial charge in [0.2, 0.25) is 0 Å². The van der Waals surface area contributed by atoms with Crippen molar-refractivity contribution in [2.24, 2.45) is 0 Å². The molecule has 0 bridgehead atoms. The highest BCUT2D eigenvalue weighted by Crippen LogP contribution is 2.33. The number of carbonyl (C=O) groups excluding carboxylic acids is 1. The molecule has 0 N–H and O–H groups in total. The molecule has 26 heavy (non-hydrogen) atoms. The minimum Gasteiger partial charge on any atom is -0.334 e. The van der Waals surface area contributed by atoms with Crippen molar-refractivity contribution in [2.45, 2.75) is 13.3 Å². The first-order chi connectivity index (χ1) is 12.5. The molecule has 0 spiro atoms. The number of nitro groups is 1. The van der Waals surface area contributed by atoms with Crippen LogP contribution >= 0.6 is 0 Å². The summed E-state index contributed by atoms with van der Waals surface area (Å²) in [6, 6.07) is 11.5. The van der Waals surface area contributed by atoms with E-state index in [-0.39, 0.29) is 11.6 Å². The molecule has 1 aliphatic rings. The van der Waals surface area contributed by atoms with Gasteiger partial charge in [0.05, 0.1) is 10.6 Å². The van der Waals surface area contributed by atoms with Crippen LogP contribution in [0, 0.1) is 17.0 Å². The molecule has 8 nitrogen and oxygen atoms in total. The molecule has 1 aliphatic heterocycles. The van der Waals surface area contributed by atoms with Crippen LogP contribution in [0.5, 0.6) is 0 Å². The molecule has 0 radical (unpaired) electrons. The summed E-state index contributed by atoms with van der Waals surface area (Å²) in [6.45, 7) is 2.23. The van der Waals surface area contributed by atoms with E-state index in [9.17, 15) is 14.9 Å². The van der Waals surface area contributed by atoms with E-state index in [4.69, 9.17) is 4.52 Å². The smallest absolute Gasteiger partial charge is 0.271 e. The maximum absolute atomic E-state index is 12.8. The van der Waals surface area contributed by atoms with Crippen molar-refractivity contribution in [1.29, 1.82) is 0 Å². The third-order valence-electron chi connectivity index (χ3n) is 4.33. The number of nitrogens with zero attached hydrogens (tertiary/aromatic N) is 4. The van der Waals surface area contributed by atoms with Crippen LogP contribution in [0.2, 0.25) is 0 Å². The molecule has 0 saturated heterocycles. The van der Waals surface area contributed by atoms with Gasteiger partial charge in [0, 0.05) is 29.8 Å². The summed E-state index contributed by atoms with van der Waals surface area (Å²) in [4.78, 5) is 29.1. The predicted octanol–water partition coefficient (Wildman–Crippen LogP) is 3.16. The lowest BCUT2D eigenvalue weighted by Crippen LogP contribution is -2.28. The molecule has 8 heteroatoms. The molecule has 4 rings (SSSR count). The highest BCUT2D eigenvalue weighted by Gasteiger charge is 2.27. The molecule has 0 unspecified atom stereocenters. The largest absolute Gasteiger partial charge is 0.334 e. The molecule has 0 saturated carbocycles. The highest BCUT2D eigenvalue weighted by atomic mass is 16.6. The lowest BCUT2D eigenvalue weighted by atomic mass is 10.1. The Bertz CT molecular complexity index is 1010. The van der Waals surface area contributed by atoms with Crippen LogP contribution in [-0.4, -0.2) is 27.5 Å². The zero-order valence-electron chi connectivity index (χ0n) is 13.9. The van der Waals surface area contributed by atoms with Crippen LogP contribution in [-0.2, 0) is 6.42 Å². The van der Waals surface area contributed by atoms with E-state index in [2.05, 4.69) is 10.1 Å². The second-order valence-corrected chi connectivity index (χ2v) is 6.00. The molecule has 1 aromatic heterocycles. The van der Waals surface area contributed by atoms with E-state index >= 15 is 0 Å². The highest BCUT2D eigenvalue weighted by molar-refractivity contribution is 6.07. The van der Waals surface area contributed by atoms with Crippen LogP contribution in [0.15, 0.2) is 47.0 Å². The fraction of sp³-hybridized carbons (Fsp3) is 0.167. The van der Waals surface area contributed by atoms with Crippen LogP contribution in [0.4, 0.5) is 11.4 Å². The maximum Gasteiger partial charge on any atom is 0.271 e. The summed E-state index contributed by atoms with van der Waals surface area (Å²) in [5.74, 6) is 0.733. The van der Waals surface area contributed by atoms with Gasteiger partial charge in [-0.25, -0.2) is 0 Å². The van der Waals surface area contributed by atoms with Gasteiger partial charge in [0.1, 0.15) is 0 Å². The Morgan fingerprint density at radius 2 is 2.00 bits per heavy atom. The number of hydrogen-bond donors (Lipinski definition) is 0.